The molecule has 168 valence electrons. The smallest absolute Gasteiger partial charge is 0.213 e. The van der Waals surface area contributed by atoms with Crippen molar-refractivity contribution in [2.75, 3.05) is 19.0 Å². The van der Waals surface area contributed by atoms with Gasteiger partial charge >= 0.3 is 0 Å². The fourth-order valence-electron chi connectivity index (χ4n) is 3.61. The van der Waals surface area contributed by atoms with Crippen LogP contribution in [0.25, 0.3) is 34.5 Å². The minimum atomic E-state index is -0.232. The van der Waals surface area contributed by atoms with Gasteiger partial charge in [0.05, 0.1) is 0 Å². The minimum Gasteiger partial charge on any atom is -1.00 e. The van der Waals surface area contributed by atoms with E-state index in [1.54, 1.807) is 0 Å². The molecule has 2 nitrogen and oxygen atoms in total. The zero-order valence-electron chi connectivity index (χ0n) is 18.8. The highest BCUT2D eigenvalue weighted by atomic mass is 127. The van der Waals surface area contributed by atoms with Crippen LogP contribution in [0.5, 0.6) is 0 Å². The van der Waals surface area contributed by atoms with Crippen molar-refractivity contribution < 1.29 is 32.9 Å². The summed E-state index contributed by atoms with van der Waals surface area (Å²) in [6, 6.07) is 27.7. The SMILES string of the molecule is CN(C)c1ccc(/C=C/c2cc(-c3ccc(F)cc3)cc(-c3ccc(Br)cc3)[n+]2C)cc1.[I-]. The van der Waals surface area contributed by atoms with Gasteiger partial charge in [-0.25, -0.2) is 4.39 Å². The van der Waals surface area contributed by atoms with Crippen molar-refractivity contribution in [1.82, 2.24) is 0 Å². The van der Waals surface area contributed by atoms with Gasteiger partial charge in [-0.15, -0.1) is 0 Å². The molecule has 0 unspecified atom stereocenters. The van der Waals surface area contributed by atoms with E-state index >= 15 is 0 Å². The van der Waals surface area contributed by atoms with E-state index in [2.05, 4.69) is 93.1 Å². The Morgan fingerprint density at radius 3 is 1.97 bits per heavy atom. The number of pyridine rings is 1. The Balaban J connectivity index is 0.00000306. The summed E-state index contributed by atoms with van der Waals surface area (Å²) in [5.74, 6) is -0.232. The van der Waals surface area contributed by atoms with Crippen molar-refractivity contribution in [2.45, 2.75) is 0 Å². The van der Waals surface area contributed by atoms with Crippen LogP contribution < -0.4 is 33.4 Å². The van der Waals surface area contributed by atoms with Gasteiger partial charge in [0.15, 0.2) is 0 Å². The quantitative estimate of drug-likeness (QED) is 0.244. The maximum absolute atomic E-state index is 13.5. The van der Waals surface area contributed by atoms with E-state index in [4.69, 9.17) is 0 Å². The lowest BCUT2D eigenvalue weighted by atomic mass is 10.0. The molecule has 3 aromatic carbocycles. The number of hydrogen-bond acceptors (Lipinski definition) is 1. The van der Waals surface area contributed by atoms with E-state index in [-0.39, 0.29) is 29.8 Å². The van der Waals surface area contributed by atoms with Crippen LogP contribution in [-0.4, -0.2) is 14.1 Å². The van der Waals surface area contributed by atoms with E-state index in [1.807, 2.05) is 38.4 Å². The second-order valence-electron chi connectivity index (χ2n) is 7.95. The molecule has 0 aliphatic carbocycles. The van der Waals surface area contributed by atoms with Crippen molar-refractivity contribution in [3.8, 4) is 22.4 Å². The minimum absolute atomic E-state index is 0. The highest BCUT2D eigenvalue weighted by Gasteiger charge is 2.17. The van der Waals surface area contributed by atoms with Crippen molar-refractivity contribution in [2.24, 2.45) is 7.05 Å². The summed E-state index contributed by atoms with van der Waals surface area (Å²) >= 11 is 3.52. The molecule has 0 spiro atoms. The summed E-state index contributed by atoms with van der Waals surface area (Å²) in [7, 11) is 6.14. The van der Waals surface area contributed by atoms with Gasteiger partial charge in [0.1, 0.15) is 12.9 Å². The standard InChI is InChI=1S/C28H25BrFN2.HI/c1-31(2)26-15-4-20(5-16-26)6-17-27-18-23(21-9-13-25(30)14-10-21)19-28(32(27)3)22-7-11-24(29)12-8-22;/h4-19H,1-3H3;1H/q+1;/p-1. The zero-order chi connectivity index (χ0) is 22.7. The third-order valence-electron chi connectivity index (χ3n) is 5.52. The third kappa shape index (κ3) is 6.09. The molecular weight excluding hydrogens is 590 g/mol. The Morgan fingerprint density at radius 1 is 0.758 bits per heavy atom. The van der Waals surface area contributed by atoms with Crippen molar-refractivity contribution >= 4 is 33.8 Å². The van der Waals surface area contributed by atoms with Gasteiger partial charge in [-0.1, -0.05) is 40.2 Å². The fourth-order valence-corrected chi connectivity index (χ4v) is 3.88. The zero-order valence-corrected chi connectivity index (χ0v) is 22.5. The molecule has 1 heterocycles. The molecule has 1 aromatic heterocycles. The first kappa shape index (κ1) is 25.1. The largest absolute Gasteiger partial charge is 1.00 e. The number of anilines is 1. The topological polar surface area (TPSA) is 7.12 Å². The number of rotatable bonds is 5. The predicted octanol–water partition coefficient (Wildman–Crippen LogP) is 3.99. The van der Waals surface area contributed by atoms with Crippen LogP contribution in [0.15, 0.2) is 89.4 Å². The van der Waals surface area contributed by atoms with Gasteiger partial charge in [-0.05, 0) is 71.3 Å². The summed E-state index contributed by atoms with van der Waals surface area (Å²) in [5.41, 5.74) is 7.59. The van der Waals surface area contributed by atoms with Crippen LogP contribution >= 0.6 is 15.9 Å². The number of benzene rings is 3. The van der Waals surface area contributed by atoms with Crippen LogP contribution in [-0.2, 0) is 7.05 Å². The van der Waals surface area contributed by atoms with Crippen LogP contribution in [0, 0.1) is 5.82 Å². The van der Waals surface area contributed by atoms with Crippen LogP contribution in [0.1, 0.15) is 11.3 Å². The van der Waals surface area contributed by atoms with Crippen LogP contribution in [0.4, 0.5) is 10.1 Å². The first-order valence-corrected chi connectivity index (χ1v) is 11.2. The molecule has 33 heavy (non-hydrogen) atoms. The number of nitrogens with zero attached hydrogens (tertiary/aromatic N) is 2. The Morgan fingerprint density at radius 2 is 1.36 bits per heavy atom. The normalized spacial score (nSPS) is 10.8. The van der Waals surface area contributed by atoms with E-state index in [1.165, 1.54) is 17.8 Å². The van der Waals surface area contributed by atoms with Gasteiger partial charge in [-0.3, -0.25) is 0 Å². The van der Waals surface area contributed by atoms with Gasteiger partial charge < -0.3 is 28.9 Å². The molecule has 4 rings (SSSR count). The lowest BCUT2D eigenvalue weighted by molar-refractivity contribution is -0.662. The first-order chi connectivity index (χ1) is 15.4. The monoisotopic (exact) mass is 614 g/mol. The molecule has 0 saturated heterocycles. The highest BCUT2D eigenvalue weighted by molar-refractivity contribution is 9.10. The van der Waals surface area contributed by atoms with Crippen molar-refractivity contribution in [1.29, 1.82) is 0 Å². The third-order valence-corrected chi connectivity index (χ3v) is 6.05. The molecule has 0 N–H and O–H groups in total. The Labute approximate surface area is 220 Å². The molecule has 0 radical (unpaired) electrons. The molecule has 4 aromatic rings. The van der Waals surface area contributed by atoms with Gasteiger partial charge in [0.2, 0.25) is 11.4 Å². The maximum atomic E-state index is 13.5. The molecule has 0 aliphatic heterocycles. The average Bonchev–Trinajstić information content (AvgIpc) is 2.80. The summed E-state index contributed by atoms with van der Waals surface area (Å²) in [6.07, 6.45) is 4.24. The van der Waals surface area contributed by atoms with E-state index in [0.29, 0.717) is 0 Å². The van der Waals surface area contributed by atoms with Crippen LogP contribution in [0.2, 0.25) is 0 Å². The predicted molar refractivity (Wildman–Crippen MR) is 136 cm³/mol. The lowest BCUT2D eigenvalue weighted by Crippen LogP contribution is -3.00. The first-order valence-electron chi connectivity index (χ1n) is 10.4. The molecular formula is C28H25BrFIN2. The average molecular weight is 615 g/mol. The van der Waals surface area contributed by atoms with Crippen molar-refractivity contribution in [3.05, 3.63) is 106 Å². The van der Waals surface area contributed by atoms with Gasteiger partial charge in [0.25, 0.3) is 0 Å². The lowest BCUT2D eigenvalue weighted by Gasteiger charge is -2.11. The summed E-state index contributed by atoms with van der Waals surface area (Å²) in [4.78, 5) is 2.09. The fraction of sp³-hybridized carbons (Fsp3) is 0.107. The summed E-state index contributed by atoms with van der Waals surface area (Å²) in [6.45, 7) is 0. The summed E-state index contributed by atoms with van der Waals surface area (Å²) in [5, 5.41) is 0. The van der Waals surface area contributed by atoms with E-state index < -0.39 is 0 Å². The van der Waals surface area contributed by atoms with E-state index in [9.17, 15) is 4.39 Å². The second kappa shape index (κ2) is 11.1. The molecule has 0 aliphatic rings. The van der Waals surface area contributed by atoms with Crippen molar-refractivity contribution in [3.63, 3.8) is 0 Å². The summed E-state index contributed by atoms with van der Waals surface area (Å²) < 4.78 is 16.7. The highest BCUT2D eigenvalue weighted by Crippen LogP contribution is 2.27. The number of halogens is 3. The number of aromatic nitrogens is 1. The molecule has 0 atom stereocenters. The Kier molecular flexibility index (Phi) is 8.43. The second-order valence-corrected chi connectivity index (χ2v) is 8.86. The number of hydrogen-bond donors (Lipinski definition) is 0. The molecule has 0 saturated carbocycles. The van der Waals surface area contributed by atoms with E-state index in [0.717, 1.165) is 38.1 Å². The Hall–Kier alpha value is -2.51. The molecule has 5 heteroatoms. The molecule has 0 amide bonds. The van der Waals surface area contributed by atoms with Crippen LogP contribution in [0.3, 0.4) is 0 Å². The van der Waals surface area contributed by atoms with Gasteiger partial charge in [0, 0.05) is 48.0 Å². The molecule has 0 fully saturated rings. The van der Waals surface area contributed by atoms with Gasteiger partial charge in [-0.2, -0.15) is 4.57 Å². The molecule has 0 bridgehead atoms. The maximum Gasteiger partial charge on any atom is 0.213 e. The Bertz CT molecular complexity index is 1250.